The quantitative estimate of drug-likeness (QED) is 0.907. The Morgan fingerprint density at radius 3 is 2.56 bits per heavy atom. The maximum atomic E-state index is 12.7. The van der Waals surface area contributed by atoms with Gasteiger partial charge in [0, 0.05) is 11.5 Å². The molecule has 1 heterocycles. The van der Waals surface area contributed by atoms with Crippen molar-refractivity contribution in [3.8, 4) is 11.5 Å². The van der Waals surface area contributed by atoms with E-state index in [9.17, 15) is 9.18 Å². The fourth-order valence-corrected chi connectivity index (χ4v) is 1.23. The van der Waals surface area contributed by atoms with Gasteiger partial charge in [0.05, 0.1) is 0 Å². The van der Waals surface area contributed by atoms with Gasteiger partial charge >= 0.3 is 6.01 Å². The molecule has 0 bridgehead atoms. The highest BCUT2D eigenvalue weighted by Crippen LogP contribution is 2.20. The molecule has 0 radical (unpaired) electrons. The van der Waals surface area contributed by atoms with E-state index in [0.717, 1.165) is 0 Å². The minimum absolute atomic E-state index is 0.0352. The molecule has 0 saturated heterocycles. The number of amides is 1. The molecule has 18 heavy (non-hydrogen) atoms. The molecular formula is C12H12FN3O2. The summed E-state index contributed by atoms with van der Waals surface area (Å²) in [6, 6.07) is 5.68. The second kappa shape index (κ2) is 4.95. The van der Waals surface area contributed by atoms with Crippen molar-refractivity contribution in [2.45, 2.75) is 13.8 Å². The third-order valence-electron chi connectivity index (χ3n) is 2.27. The molecule has 1 aromatic heterocycles. The van der Waals surface area contributed by atoms with Crippen LogP contribution >= 0.6 is 0 Å². The molecule has 1 aromatic carbocycles. The van der Waals surface area contributed by atoms with Gasteiger partial charge in [0.1, 0.15) is 5.82 Å². The molecule has 2 rings (SSSR count). The number of hydrogen-bond donors (Lipinski definition) is 1. The summed E-state index contributed by atoms with van der Waals surface area (Å²) in [5.41, 5.74) is 0.592. The highest BCUT2D eigenvalue weighted by atomic mass is 19.1. The van der Waals surface area contributed by atoms with Crippen molar-refractivity contribution in [1.82, 2.24) is 10.2 Å². The van der Waals surface area contributed by atoms with Gasteiger partial charge in [-0.3, -0.25) is 10.1 Å². The normalized spacial score (nSPS) is 10.7. The zero-order valence-electron chi connectivity index (χ0n) is 9.98. The summed E-state index contributed by atoms with van der Waals surface area (Å²) in [5.74, 6) is -0.490. The van der Waals surface area contributed by atoms with E-state index in [2.05, 4.69) is 15.5 Å². The van der Waals surface area contributed by atoms with Crippen molar-refractivity contribution < 1.29 is 13.6 Å². The average Bonchev–Trinajstić information content (AvgIpc) is 2.78. The van der Waals surface area contributed by atoms with Crippen LogP contribution in [0.1, 0.15) is 13.8 Å². The molecule has 0 fully saturated rings. The van der Waals surface area contributed by atoms with E-state index in [1.807, 2.05) is 0 Å². The van der Waals surface area contributed by atoms with Crippen LogP contribution in [0.4, 0.5) is 10.4 Å². The van der Waals surface area contributed by atoms with Crippen LogP contribution in [0.3, 0.4) is 0 Å². The lowest BCUT2D eigenvalue weighted by Gasteiger charge is -2.01. The van der Waals surface area contributed by atoms with Crippen LogP contribution in [-0.4, -0.2) is 16.1 Å². The highest BCUT2D eigenvalue weighted by Gasteiger charge is 2.13. The molecule has 0 aliphatic heterocycles. The van der Waals surface area contributed by atoms with Crippen molar-refractivity contribution in [2.75, 3.05) is 5.32 Å². The van der Waals surface area contributed by atoms with Crippen LogP contribution in [0.2, 0.25) is 0 Å². The summed E-state index contributed by atoms with van der Waals surface area (Å²) < 4.78 is 18.0. The minimum atomic E-state index is -0.341. The molecule has 0 aliphatic rings. The molecule has 94 valence electrons. The largest absolute Gasteiger partial charge is 0.403 e. The first kappa shape index (κ1) is 12.2. The van der Waals surface area contributed by atoms with Crippen LogP contribution in [0, 0.1) is 11.7 Å². The number of carbonyl (C=O) groups is 1. The SMILES string of the molecule is CC(C)C(=O)Nc1nnc(-c2ccc(F)cc2)o1. The number of carbonyl (C=O) groups excluding carboxylic acids is 1. The van der Waals surface area contributed by atoms with Gasteiger partial charge < -0.3 is 4.42 Å². The van der Waals surface area contributed by atoms with Crippen molar-refractivity contribution >= 4 is 11.9 Å². The molecular weight excluding hydrogens is 237 g/mol. The Kier molecular flexibility index (Phi) is 3.36. The molecule has 1 amide bonds. The van der Waals surface area contributed by atoms with E-state index in [-0.39, 0.29) is 29.5 Å². The minimum Gasteiger partial charge on any atom is -0.403 e. The zero-order chi connectivity index (χ0) is 13.1. The van der Waals surface area contributed by atoms with Gasteiger partial charge in [0.15, 0.2) is 0 Å². The number of hydrogen-bond acceptors (Lipinski definition) is 4. The van der Waals surface area contributed by atoms with E-state index in [4.69, 9.17) is 4.42 Å². The Labute approximate surface area is 103 Å². The molecule has 2 aromatic rings. The molecule has 5 nitrogen and oxygen atoms in total. The number of anilines is 1. The van der Waals surface area contributed by atoms with Crippen molar-refractivity contribution in [3.63, 3.8) is 0 Å². The topological polar surface area (TPSA) is 68.0 Å². The molecule has 0 unspecified atom stereocenters. The number of halogens is 1. The number of nitrogens with one attached hydrogen (secondary N) is 1. The van der Waals surface area contributed by atoms with E-state index < -0.39 is 0 Å². The summed E-state index contributed by atoms with van der Waals surface area (Å²) in [4.78, 5) is 11.4. The highest BCUT2D eigenvalue weighted by molar-refractivity contribution is 5.90. The number of nitrogens with zero attached hydrogens (tertiary/aromatic N) is 2. The van der Waals surface area contributed by atoms with Crippen molar-refractivity contribution in [3.05, 3.63) is 30.1 Å². The second-order valence-electron chi connectivity index (χ2n) is 4.06. The van der Waals surface area contributed by atoms with Gasteiger partial charge in [0.25, 0.3) is 0 Å². The van der Waals surface area contributed by atoms with Gasteiger partial charge in [-0.05, 0) is 24.3 Å². The average molecular weight is 249 g/mol. The van der Waals surface area contributed by atoms with Gasteiger partial charge in [-0.25, -0.2) is 4.39 Å². The monoisotopic (exact) mass is 249 g/mol. The fraction of sp³-hybridized carbons (Fsp3) is 0.250. The molecule has 0 atom stereocenters. The third-order valence-corrected chi connectivity index (χ3v) is 2.27. The van der Waals surface area contributed by atoms with Gasteiger partial charge in [-0.15, -0.1) is 5.10 Å². The molecule has 0 spiro atoms. The van der Waals surface area contributed by atoms with Crippen molar-refractivity contribution in [1.29, 1.82) is 0 Å². The summed E-state index contributed by atoms with van der Waals surface area (Å²) >= 11 is 0. The second-order valence-corrected chi connectivity index (χ2v) is 4.06. The Bertz CT molecular complexity index is 549. The Morgan fingerprint density at radius 2 is 1.94 bits per heavy atom. The van der Waals surface area contributed by atoms with Gasteiger partial charge in [-0.2, -0.15) is 0 Å². The molecule has 0 saturated carbocycles. The first-order valence-corrected chi connectivity index (χ1v) is 5.46. The predicted molar refractivity (Wildman–Crippen MR) is 63.2 cm³/mol. The van der Waals surface area contributed by atoms with E-state index in [0.29, 0.717) is 5.56 Å². The smallest absolute Gasteiger partial charge is 0.322 e. The van der Waals surface area contributed by atoms with Crippen LogP contribution in [0.5, 0.6) is 0 Å². The predicted octanol–water partition coefficient (Wildman–Crippen LogP) is 2.47. The Hall–Kier alpha value is -2.24. The Morgan fingerprint density at radius 1 is 1.28 bits per heavy atom. The van der Waals surface area contributed by atoms with Gasteiger partial charge in [0.2, 0.25) is 11.8 Å². The van der Waals surface area contributed by atoms with E-state index in [1.165, 1.54) is 24.3 Å². The first-order valence-electron chi connectivity index (χ1n) is 5.46. The molecule has 6 heteroatoms. The van der Waals surface area contributed by atoms with Crippen LogP contribution < -0.4 is 5.32 Å². The fourth-order valence-electron chi connectivity index (χ4n) is 1.23. The standard InChI is InChI=1S/C12H12FN3O2/c1-7(2)10(17)14-12-16-15-11(18-12)8-3-5-9(13)6-4-8/h3-7H,1-2H3,(H,14,16,17). The Balaban J connectivity index is 2.15. The lowest BCUT2D eigenvalue weighted by Crippen LogP contribution is -2.17. The lowest BCUT2D eigenvalue weighted by molar-refractivity contribution is -0.119. The van der Waals surface area contributed by atoms with E-state index in [1.54, 1.807) is 13.8 Å². The van der Waals surface area contributed by atoms with Crippen LogP contribution in [0.15, 0.2) is 28.7 Å². The molecule has 1 N–H and O–H groups in total. The van der Waals surface area contributed by atoms with E-state index >= 15 is 0 Å². The maximum absolute atomic E-state index is 12.7. The first-order chi connectivity index (χ1) is 8.56. The number of rotatable bonds is 3. The summed E-state index contributed by atoms with van der Waals surface area (Å²) in [7, 11) is 0. The number of aromatic nitrogens is 2. The van der Waals surface area contributed by atoms with Crippen molar-refractivity contribution in [2.24, 2.45) is 5.92 Å². The van der Waals surface area contributed by atoms with Gasteiger partial charge in [-0.1, -0.05) is 18.9 Å². The van der Waals surface area contributed by atoms with Crippen LogP contribution in [0.25, 0.3) is 11.5 Å². The molecule has 0 aliphatic carbocycles. The third kappa shape index (κ3) is 2.71. The van der Waals surface area contributed by atoms with Crippen LogP contribution in [-0.2, 0) is 4.79 Å². The maximum Gasteiger partial charge on any atom is 0.322 e. The summed E-state index contributed by atoms with van der Waals surface area (Å²) in [6.07, 6.45) is 0. The number of benzene rings is 1. The zero-order valence-corrected chi connectivity index (χ0v) is 9.98. The summed E-state index contributed by atoms with van der Waals surface area (Å²) in [6.45, 7) is 3.51. The lowest BCUT2D eigenvalue weighted by atomic mass is 10.2. The summed E-state index contributed by atoms with van der Waals surface area (Å²) in [5, 5.41) is 9.96.